The molecule has 1 aromatic rings. The fraction of sp³-hybridized carbons (Fsp3) is 0.583. The van der Waals surface area contributed by atoms with Gasteiger partial charge in [0.15, 0.2) is 0 Å². The average molecular weight is 268 g/mol. The number of rotatable bonds is 7. The lowest BCUT2D eigenvalue weighted by molar-refractivity contribution is -0.139. The van der Waals surface area contributed by atoms with Crippen molar-refractivity contribution in [3.8, 4) is 0 Å². The van der Waals surface area contributed by atoms with Crippen LogP contribution < -0.4 is 10.6 Å². The van der Waals surface area contributed by atoms with Gasteiger partial charge >= 0.3 is 12.0 Å². The Bertz CT molecular complexity index is 403. The Balaban J connectivity index is 2.30. The number of carboxylic acids is 1. The van der Waals surface area contributed by atoms with Crippen LogP contribution in [0.5, 0.6) is 0 Å². The van der Waals surface area contributed by atoms with Crippen molar-refractivity contribution < 1.29 is 14.7 Å². The molecule has 0 radical (unpaired) electrons. The highest BCUT2D eigenvalue weighted by molar-refractivity contribution is 5.82. The van der Waals surface area contributed by atoms with Crippen LogP contribution in [0, 0.1) is 5.92 Å². The quantitative estimate of drug-likeness (QED) is 0.677. The molecule has 1 heterocycles. The van der Waals surface area contributed by atoms with E-state index in [1.54, 1.807) is 18.7 Å². The summed E-state index contributed by atoms with van der Waals surface area (Å²) in [6.45, 7) is 4.83. The molecule has 0 aliphatic carbocycles. The SMILES string of the molecule is CC(C)C[C@H](NC(=O)NCCn1ccnc1)C(=O)O. The molecular formula is C12H20N4O3. The molecule has 0 fully saturated rings. The van der Waals surface area contributed by atoms with Crippen LogP contribution >= 0.6 is 0 Å². The van der Waals surface area contributed by atoms with Crippen LogP contribution in [-0.4, -0.2) is 39.2 Å². The molecule has 0 bridgehead atoms. The number of carbonyl (C=O) groups is 2. The summed E-state index contributed by atoms with van der Waals surface area (Å²) in [6, 6.07) is -1.32. The molecule has 0 aliphatic rings. The van der Waals surface area contributed by atoms with Gasteiger partial charge in [0.05, 0.1) is 6.33 Å². The topological polar surface area (TPSA) is 96.3 Å². The standard InChI is InChI=1S/C12H20N4O3/c1-9(2)7-10(11(17)18)15-12(19)14-4-6-16-5-3-13-8-16/h3,5,8-10H,4,6-7H2,1-2H3,(H,17,18)(H2,14,15,19)/t10-/m0/s1. The van der Waals surface area contributed by atoms with Crippen molar-refractivity contribution in [2.24, 2.45) is 5.92 Å². The predicted molar refractivity (Wildman–Crippen MR) is 69.6 cm³/mol. The van der Waals surface area contributed by atoms with Crippen molar-refractivity contribution in [1.82, 2.24) is 20.2 Å². The highest BCUT2D eigenvalue weighted by atomic mass is 16.4. The van der Waals surface area contributed by atoms with Gasteiger partial charge in [-0.2, -0.15) is 0 Å². The summed E-state index contributed by atoms with van der Waals surface area (Å²) in [5.41, 5.74) is 0. The van der Waals surface area contributed by atoms with Crippen molar-refractivity contribution >= 4 is 12.0 Å². The van der Waals surface area contributed by atoms with Gasteiger partial charge in [-0.3, -0.25) is 0 Å². The van der Waals surface area contributed by atoms with Crippen LogP contribution in [0.25, 0.3) is 0 Å². The largest absolute Gasteiger partial charge is 0.480 e. The molecule has 0 aromatic carbocycles. The molecule has 7 nitrogen and oxygen atoms in total. The number of nitrogens with one attached hydrogen (secondary N) is 2. The van der Waals surface area contributed by atoms with Gasteiger partial charge < -0.3 is 20.3 Å². The minimum absolute atomic E-state index is 0.201. The Labute approximate surface area is 112 Å². The first-order valence-corrected chi connectivity index (χ1v) is 6.22. The van der Waals surface area contributed by atoms with Crippen LogP contribution in [0.1, 0.15) is 20.3 Å². The normalized spacial score (nSPS) is 12.2. The first-order chi connectivity index (χ1) is 8.99. The third-order valence-electron chi connectivity index (χ3n) is 2.53. The number of nitrogens with zero attached hydrogens (tertiary/aromatic N) is 2. The maximum atomic E-state index is 11.6. The van der Waals surface area contributed by atoms with Gasteiger partial charge in [0, 0.05) is 25.5 Å². The van der Waals surface area contributed by atoms with Gasteiger partial charge in [0.1, 0.15) is 6.04 Å². The summed E-state index contributed by atoms with van der Waals surface area (Å²) in [5.74, 6) is -0.814. The summed E-state index contributed by atoms with van der Waals surface area (Å²) in [4.78, 5) is 26.4. The third kappa shape index (κ3) is 5.89. The van der Waals surface area contributed by atoms with Crippen LogP contribution in [0.4, 0.5) is 4.79 Å². The Kier molecular flexibility index (Phi) is 5.84. The van der Waals surface area contributed by atoms with E-state index in [2.05, 4.69) is 15.6 Å². The number of carboxylic acid groups (broad SMARTS) is 1. The van der Waals surface area contributed by atoms with Gasteiger partial charge in [-0.15, -0.1) is 0 Å². The maximum absolute atomic E-state index is 11.6. The molecule has 3 N–H and O–H groups in total. The second-order valence-electron chi connectivity index (χ2n) is 4.72. The second-order valence-corrected chi connectivity index (χ2v) is 4.72. The highest BCUT2D eigenvalue weighted by Gasteiger charge is 2.20. The summed E-state index contributed by atoms with van der Waals surface area (Å²) in [7, 11) is 0. The van der Waals surface area contributed by atoms with Crippen molar-refractivity contribution in [2.45, 2.75) is 32.9 Å². The summed E-state index contributed by atoms with van der Waals surface area (Å²) >= 11 is 0. The van der Waals surface area contributed by atoms with E-state index in [0.29, 0.717) is 19.5 Å². The minimum Gasteiger partial charge on any atom is -0.480 e. The number of amides is 2. The van der Waals surface area contributed by atoms with E-state index in [1.165, 1.54) is 0 Å². The lowest BCUT2D eigenvalue weighted by atomic mass is 10.0. The Morgan fingerprint density at radius 3 is 2.68 bits per heavy atom. The molecule has 1 rings (SSSR count). The van der Waals surface area contributed by atoms with Gasteiger partial charge in [0.2, 0.25) is 0 Å². The van der Waals surface area contributed by atoms with Crippen LogP contribution in [-0.2, 0) is 11.3 Å². The fourth-order valence-corrected chi connectivity index (χ4v) is 1.62. The Morgan fingerprint density at radius 2 is 2.16 bits per heavy atom. The van der Waals surface area contributed by atoms with Gasteiger partial charge in [-0.1, -0.05) is 13.8 Å². The molecule has 0 spiro atoms. The summed E-state index contributed by atoms with van der Waals surface area (Å²) in [6.07, 6.45) is 5.50. The molecule has 1 aromatic heterocycles. The Morgan fingerprint density at radius 1 is 1.42 bits per heavy atom. The van der Waals surface area contributed by atoms with Gasteiger partial charge in [-0.05, 0) is 12.3 Å². The number of imidazole rings is 1. The number of aliphatic carboxylic acids is 1. The smallest absolute Gasteiger partial charge is 0.326 e. The highest BCUT2D eigenvalue weighted by Crippen LogP contribution is 2.04. The van der Waals surface area contributed by atoms with E-state index in [1.807, 2.05) is 18.4 Å². The first kappa shape index (κ1) is 15.0. The van der Waals surface area contributed by atoms with Crippen molar-refractivity contribution in [3.05, 3.63) is 18.7 Å². The zero-order valence-electron chi connectivity index (χ0n) is 11.2. The molecule has 106 valence electrons. The molecule has 0 aliphatic heterocycles. The van der Waals surface area contributed by atoms with Gasteiger partial charge in [-0.25, -0.2) is 14.6 Å². The van der Waals surface area contributed by atoms with E-state index in [-0.39, 0.29) is 5.92 Å². The molecule has 0 unspecified atom stereocenters. The predicted octanol–water partition coefficient (Wildman–Crippen LogP) is 0.682. The number of hydrogen-bond donors (Lipinski definition) is 3. The van der Waals surface area contributed by atoms with E-state index >= 15 is 0 Å². The fourth-order valence-electron chi connectivity index (χ4n) is 1.62. The number of urea groups is 1. The van der Waals surface area contributed by atoms with E-state index in [0.717, 1.165) is 0 Å². The van der Waals surface area contributed by atoms with E-state index in [4.69, 9.17) is 5.11 Å². The van der Waals surface area contributed by atoms with Crippen LogP contribution in [0.3, 0.4) is 0 Å². The monoisotopic (exact) mass is 268 g/mol. The molecule has 19 heavy (non-hydrogen) atoms. The zero-order valence-corrected chi connectivity index (χ0v) is 11.2. The molecule has 0 saturated heterocycles. The lowest BCUT2D eigenvalue weighted by Gasteiger charge is -2.16. The van der Waals surface area contributed by atoms with Crippen LogP contribution in [0.2, 0.25) is 0 Å². The number of hydrogen-bond acceptors (Lipinski definition) is 3. The second kappa shape index (κ2) is 7.40. The number of aromatic nitrogens is 2. The van der Waals surface area contributed by atoms with E-state index < -0.39 is 18.0 Å². The van der Waals surface area contributed by atoms with Crippen LogP contribution in [0.15, 0.2) is 18.7 Å². The van der Waals surface area contributed by atoms with Gasteiger partial charge in [0.25, 0.3) is 0 Å². The first-order valence-electron chi connectivity index (χ1n) is 6.22. The summed E-state index contributed by atoms with van der Waals surface area (Å²) < 4.78 is 1.82. The lowest BCUT2D eigenvalue weighted by Crippen LogP contribution is -2.47. The van der Waals surface area contributed by atoms with Crippen molar-refractivity contribution in [3.63, 3.8) is 0 Å². The molecule has 0 saturated carbocycles. The molecule has 1 atom stereocenters. The Hall–Kier alpha value is -2.05. The third-order valence-corrected chi connectivity index (χ3v) is 2.53. The number of carbonyl (C=O) groups excluding carboxylic acids is 1. The molecule has 7 heteroatoms. The van der Waals surface area contributed by atoms with Crippen molar-refractivity contribution in [2.75, 3.05) is 6.54 Å². The average Bonchev–Trinajstić information content (AvgIpc) is 2.80. The summed E-state index contributed by atoms with van der Waals surface area (Å²) in [5, 5.41) is 14.1. The maximum Gasteiger partial charge on any atom is 0.326 e. The van der Waals surface area contributed by atoms with E-state index in [9.17, 15) is 9.59 Å². The zero-order chi connectivity index (χ0) is 14.3. The molecular weight excluding hydrogens is 248 g/mol. The van der Waals surface area contributed by atoms with Crippen molar-refractivity contribution in [1.29, 1.82) is 0 Å². The molecule has 2 amide bonds. The minimum atomic E-state index is -1.02.